The average molecular weight is 423 g/mol. The second kappa shape index (κ2) is 8.93. The molecule has 152 valence electrons. The predicted molar refractivity (Wildman–Crippen MR) is 113 cm³/mol. The third-order valence-corrected chi connectivity index (χ3v) is 5.87. The van der Waals surface area contributed by atoms with Gasteiger partial charge < -0.3 is 5.32 Å². The molecule has 8 heteroatoms. The van der Waals surface area contributed by atoms with Crippen LogP contribution in [0.15, 0.2) is 70.4 Å². The Morgan fingerprint density at radius 1 is 1.27 bits per heavy atom. The highest BCUT2D eigenvalue weighted by molar-refractivity contribution is 8.02. The number of nitro benzene ring substituents is 1. The molecule has 1 aliphatic heterocycles. The number of rotatable bonds is 6. The van der Waals surface area contributed by atoms with Crippen LogP contribution in [0, 0.1) is 27.3 Å². The molecule has 0 radical (unpaired) electrons. The summed E-state index contributed by atoms with van der Waals surface area (Å²) in [7, 11) is 0. The number of carbonyl (C=O) groups is 1. The summed E-state index contributed by atoms with van der Waals surface area (Å²) >= 11 is 1.22. The summed E-state index contributed by atoms with van der Waals surface area (Å²) in [5.74, 6) is -1.26. The number of nitrogens with one attached hydrogen (secondary N) is 1. The van der Waals surface area contributed by atoms with Crippen molar-refractivity contribution >= 4 is 23.2 Å². The van der Waals surface area contributed by atoms with Crippen molar-refractivity contribution < 1.29 is 14.1 Å². The fourth-order valence-electron chi connectivity index (χ4n) is 3.47. The molecule has 0 fully saturated rings. The Hall–Kier alpha value is -3.44. The van der Waals surface area contributed by atoms with Crippen molar-refractivity contribution in [1.29, 1.82) is 5.26 Å². The first-order valence-corrected chi connectivity index (χ1v) is 10.1. The third kappa shape index (κ3) is 4.11. The lowest BCUT2D eigenvalue weighted by atomic mass is 9.80. The number of benzene rings is 2. The average Bonchev–Trinajstić information content (AvgIpc) is 2.72. The zero-order chi connectivity index (χ0) is 21.8. The first kappa shape index (κ1) is 21.3. The van der Waals surface area contributed by atoms with E-state index in [2.05, 4.69) is 11.4 Å². The second-order valence-corrected chi connectivity index (χ2v) is 7.69. The second-order valence-electron chi connectivity index (χ2n) is 6.70. The molecule has 30 heavy (non-hydrogen) atoms. The number of nitrogens with zero attached hydrogens (tertiary/aromatic N) is 2. The number of nitro groups is 1. The van der Waals surface area contributed by atoms with E-state index >= 15 is 0 Å². The number of dihydropyridines is 1. The SMILES string of the molecule is CC(=O)C1=C(C)NC(SCc2ccccc2F)=C(C#N)[C@H]1c1ccccc1[N+](=O)[O-]. The molecule has 0 aromatic heterocycles. The van der Waals surface area contributed by atoms with Gasteiger partial charge in [-0.3, -0.25) is 14.9 Å². The van der Waals surface area contributed by atoms with Crippen LogP contribution in [0.25, 0.3) is 0 Å². The first-order chi connectivity index (χ1) is 14.3. The lowest BCUT2D eigenvalue weighted by Gasteiger charge is -2.29. The van der Waals surface area contributed by atoms with Gasteiger partial charge in [-0.05, 0) is 25.5 Å². The number of Topliss-reactive ketones (excluding diaryl/α,β-unsaturated/α-hetero) is 1. The molecule has 6 nitrogen and oxygen atoms in total. The number of hydrogen-bond acceptors (Lipinski definition) is 6. The Labute approximate surface area is 177 Å². The molecule has 2 aromatic carbocycles. The highest BCUT2D eigenvalue weighted by Crippen LogP contribution is 2.44. The van der Waals surface area contributed by atoms with E-state index in [1.165, 1.54) is 36.9 Å². The van der Waals surface area contributed by atoms with Crippen molar-refractivity contribution in [2.75, 3.05) is 0 Å². The Bertz CT molecular complexity index is 1130. The maximum Gasteiger partial charge on any atom is 0.273 e. The van der Waals surface area contributed by atoms with Gasteiger partial charge in [0.1, 0.15) is 5.82 Å². The summed E-state index contributed by atoms with van der Waals surface area (Å²) < 4.78 is 14.0. The number of halogens is 1. The van der Waals surface area contributed by atoms with Gasteiger partial charge in [0, 0.05) is 28.7 Å². The Morgan fingerprint density at radius 2 is 1.93 bits per heavy atom. The molecular formula is C22H18FN3O3S. The van der Waals surface area contributed by atoms with Crippen molar-refractivity contribution in [2.24, 2.45) is 0 Å². The molecule has 0 spiro atoms. The molecule has 2 aromatic rings. The van der Waals surface area contributed by atoms with Crippen LogP contribution in [-0.2, 0) is 10.5 Å². The number of nitriles is 1. The first-order valence-electron chi connectivity index (χ1n) is 9.07. The zero-order valence-electron chi connectivity index (χ0n) is 16.3. The molecule has 0 bridgehead atoms. The number of allylic oxidation sites excluding steroid dienone is 3. The fourth-order valence-corrected chi connectivity index (χ4v) is 4.55. The van der Waals surface area contributed by atoms with E-state index in [4.69, 9.17) is 0 Å². The molecular weight excluding hydrogens is 405 g/mol. The molecule has 1 N–H and O–H groups in total. The number of thioether (sulfide) groups is 1. The van der Waals surface area contributed by atoms with Gasteiger partial charge in [-0.25, -0.2) is 4.39 Å². The lowest BCUT2D eigenvalue weighted by Crippen LogP contribution is -2.27. The van der Waals surface area contributed by atoms with Gasteiger partial charge in [0.15, 0.2) is 5.78 Å². The van der Waals surface area contributed by atoms with Crippen LogP contribution in [0.3, 0.4) is 0 Å². The minimum Gasteiger partial charge on any atom is -0.353 e. The number of para-hydroxylation sites is 1. The van der Waals surface area contributed by atoms with E-state index in [1.54, 1.807) is 37.3 Å². The molecule has 3 rings (SSSR count). The highest BCUT2D eigenvalue weighted by Gasteiger charge is 2.36. The highest BCUT2D eigenvalue weighted by atomic mass is 32.2. The quantitative estimate of drug-likeness (QED) is 0.522. The van der Waals surface area contributed by atoms with Crippen LogP contribution < -0.4 is 5.32 Å². The van der Waals surface area contributed by atoms with Gasteiger partial charge in [-0.1, -0.05) is 36.4 Å². The minimum atomic E-state index is -0.876. The van der Waals surface area contributed by atoms with Crippen molar-refractivity contribution in [1.82, 2.24) is 5.32 Å². The number of ketones is 1. The summed E-state index contributed by atoms with van der Waals surface area (Å²) in [6.45, 7) is 3.06. The van der Waals surface area contributed by atoms with Gasteiger partial charge in [-0.2, -0.15) is 5.26 Å². The van der Waals surface area contributed by atoms with Crippen LogP contribution in [0.4, 0.5) is 10.1 Å². The molecule has 1 atom stereocenters. The van der Waals surface area contributed by atoms with Gasteiger partial charge in [0.25, 0.3) is 5.69 Å². The Balaban J connectivity index is 2.11. The van der Waals surface area contributed by atoms with Crippen LogP contribution in [0.2, 0.25) is 0 Å². The van der Waals surface area contributed by atoms with E-state index in [0.29, 0.717) is 21.9 Å². The van der Waals surface area contributed by atoms with Crippen molar-refractivity contribution in [3.8, 4) is 6.07 Å². The van der Waals surface area contributed by atoms with Gasteiger partial charge in [-0.15, -0.1) is 11.8 Å². The maximum atomic E-state index is 14.0. The van der Waals surface area contributed by atoms with Crippen molar-refractivity contribution in [2.45, 2.75) is 25.5 Å². The van der Waals surface area contributed by atoms with Crippen molar-refractivity contribution in [3.63, 3.8) is 0 Å². The molecule has 0 saturated heterocycles. The van der Waals surface area contributed by atoms with Crippen LogP contribution in [0.5, 0.6) is 0 Å². The van der Waals surface area contributed by atoms with Crippen LogP contribution in [-0.4, -0.2) is 10.7 Å². The van der Waals surface area contributed by atoms with E-state index in [1.807, 2.05) is 0 Å². The summed E-state index contributed by atoms with van der Waals surface area (Å²) in [6, 6.07) is 14.5. The van der Waals surface area contributed by atoms with Gasteiger partial charge in [0.05, 0.1) is 27.5 Å². The smallest absolute Gasteiger partial charge is 0.273 e. The van der Waals surface area contributed by atoms with E-state index in [-0.39, 0.29) is 34.2 Å². The fraction of sp³-hybridized carbons (Fsp3) is 0.182. The largest absolute Gasteiger partial charge is 0.353 e. The molecule has 1 aliphatic rings. The lowest BCUT2D eigenvalue weighted by molar-refractivity contribution is -0.385. The normalized spacial score (nSPS) is 16.1. The molecule has 0 unspecified atom stereocenters. The number of hydrogen-bond donors (Lipinski definition) is 1. The topological polar surface area (TPSA) is 96.0 Å². The zero-order valence-corrected chi connectivity index (χ0v) is 17.1. The van der Waals surface area contributed by atoms with Crippen molar-refractivity contribution in [3.05, 3.63) is 97.5 Å². The number of carbonyl (C=O) groups excluding carboxylic acids is 1. The standard InChI is InChI=1S/C22H18FN3O3S/c1-13-20(14(2)27)21(16-8-4-6-10-19(16)26(28)29)17(11-24)22(25-13)30-12-15-7-3-5-9-18(15)23/h3-10,21,25H,12H2,1-2H3/t21-/m1/s1. The third-order valence-electron chi connectivity index (χ3n) is 4.80. The predicted octanol–water partition coefficient (Wildman–Crippen LogP) is 4.95. The van der Waals surface area contributed by atoms with E-state index in [0.717, 1.165) is 0 Å². The Kier molecular flexibility index (Phi) is 6.33. The minimum absolute atomic E-state index is 0.165. The van der Waals surface area contributed by atoms with Gasteiger partial charge >= 0.3 is 0 Å². The van der Waals surface area contributed by atoms with Crippen LogP contribution >= 0.6 is 11.8 Å². The Morgan fingerprint density at radius 3 is 2.57 bits per heavy atom. The van der Waals surface area contributed by atoms with E-state index < -0.39 is 10.8 Å². The molecule has 0 saturated carbocycles. The van der Waals surface area contributed by atoms with Crippen LogP contribution in [0.1, 0.15) is 30.9 Å². The molecule has 0 aliphatic carbocycles. The molecule has 0 amide bonds. The monoisotopic (exact) mass is 423 g/mol. The molecule has 1 heterocycles. The maximum absolute atomic E-state index is 14.0. The van der Waals surface area contributed by atoms with Gasteiger partial charge in [0.2, 0.25) is 0 Å². The van der Waals surface area contributed by atoms with E-state index in [9.17, 15) is 24.6 Å². The summed E-state index contributed by atoms with van der Waals surface area (Å²) in [5.41, 5.74) is 1.59. The summed E-state index contributed by atoms with van der Waals surface area (Å²) in [5, 5.41) is 25.0. The summed E-state index contributed by atoms with van der Waals surface area (Å²) in [6.07, 6.45) is 0. The summed E-state index contributed by atoms with van der Waals surface area (Å²) in [4.78, 5) is 23.5.